The molecule has 5 nitrogen and oxygen atoms in total. The maximum atomic E-state index is 11.0. The van der Waals surface area contributed by atoms with Gasteiger partial charge in [-0.25, -0.2) is 4.79 Å². The molecule has 0 aliphatic rings. The van der Waals surface area contributed by atoms with E-state index in [1.54, 1.807) is 6.08 Å². The lowest BCUT2D eigenvalue weighted by Gasteiger charge is -2.10. The summed E-state index contributed by atoms with van der Waals surface area (Å²) in [6, 6.07) is 34.7. The van der Waals surface area contributed by atoms with Crippen molar-refractivity contribution in [2.45, 2.75) is 19.4 Å². The minimum atomic E-state index is -0.956. The van der Waals surface area contributed by atoms with Gasteiger partial charge in [-0.2, -0.15) is 0 Å². The number of hydrogen-bond donors (Lipinski definition) is 1. The number of aryl methyl sites for hydroxylation is 2. The van der Waals surface area contributed by atoms with Crippen LogP contribution in [0.4, 0.5) is 0 Å². The van der Waals surface area contributed by atoms with E-state index in [9.17, 15) is 4.79 Å². The number of aliphatic carboxylic acids is 1. The molecule has 196 valence electrons. The van der Waals surface area contributed by atoms with Crippen LogP contribution in [0.25, 0.3) is 22.7 Å². The fourth-order valence-corrected chi connectivity index (χ4v) is 4.61. The third kappa shape index (κ3) is 7.03. The van der Waals surface area contributed by atoms with E-state index >= 15 is 0 Å². The Kier molecular flexibility index (Phi) is 8.51. The van der Waals surface area contributed by atoms with Crippen molar-refractivity contribution in [1.82, 2.24) is 4.57 Å². The van der Waals surface area contributed by atoms with Crippen molar-refractivity contribution in [2.75, 3.05) is 13.2 Å². The van der Waals surface area contributed by atoms with Crippen LogP contribution in [0.5, 0.6) is 5.75 Å². The van der Waals surface area contributed by atoms with E-state index in [4.69, 9.17) is 14.6 Å². The van der Waals surface area contributed by atoms with E-state index in [0.717, 1.165) is 46.3 Å². The van der Waals surface area contributed by atoms with Gasteiger partial charge in [-0.1, -0.05) is 66.7 Å². The number of fused-ring (bicyclic) bond motifs is 1. The molecule has 39 heavy (non-hydrogen) atoms. The largest absolute Gasteiger partial charge is 0.491 e. The van der Waals surface area contributed by atoms with Crippen molar-refractivity contribution in [3.63, 3.8) is 0 Å². The molecule has 5 heteroatoms. The molecule has 0 radical (unpaired) electrons. The molecule has 0 atom stereocenters. The van der Waals surface area contributed by atoms with Crippen molar-refractivity contribution >= 4 is 22.9 Å². The maximum absolute atomic E-state index is 11.0. The molecule has 5 rings (SSSR count). The van der Waals surface area contributed by atoms with E-state index in [-0.39, 0.29) is 0 Å². The predicted molar refractivity (Wildman–Crippen MR) is 155 cm³/mol. The van der Waals surface area contributed by atoms with Gasteiger partial charge in [-0.05, 0) is 77.6 Å². The molecule has 1 aromatic heterocycles. The zero-order valence-corrected chi connectivity index (χ0v) is 21.7. The molecule has 1 N–H and O–H groups in total. The molecule has 0 aliphatic carbocycles. The fraction of sp³-hybridized carbons (Fsp3) is 0.147. The molecular weight excluding hydrogens is 486 g/mol. The number of benzene rings is 4. The number of aromatic nitrogens is 1. The summed E-state index contributed by atoms with van der Waals surface area (Å²) in [5.41, 5.74) is 6.63. The van der Waals surface area contributed by atoms with Crippen LogP contribution in [0.1, 0.15) is 22.3 Å². The van der Waals surface area contributed by atoms with Crippen LogP contribution >= 0.6 is 0 Å². The lowest BCUT2D eigenvalue weighted by atomic mass is 10.0. The SMILES string of the molecule is O=C(O)C=Cc1ccc2c(c1)c(CCc1ccccc1)cn2-c1ccc(OCCOCc2ccccc2)cc1. The minimum Gasteiger partial charge on any atom is -0.491 e. The van der Waals surface area contributed by atoms with Gasteiger partial charge >= 0.3 is 5.97 Å². The highest BCUT2D eigenvalue weighted by Gasteiger charge is 2.11. The Labute approximate surface area is 228 Å². The van der Waals surface area contributed by atoms with E-state index in [1.807, 2.05) is 54.6 Å². The molecule has 1 heterocycles. The summed E-state index contributed by atoms with van der Waals surface area (Å²) >= 11 is 0. The van der Waals surface area contributed by atoms with Gasteiger partial charge < -0.3 is 19.1 Å². The summed E-state index contributed by atoms with van der Waals surface area (Å²) in [6.45, 7) is 1.57. The lowest BCUT2D eigenvalue weighted by Crippen LogP contribution is -2.06. The van der Waals surface area contributed by atoms with E-state index in [0.29, 0.717) is 19.8 Å². The molecule has 0 saturated carbocycles. The van der Waals surface area contributed by atoms with Gasteiger partial charge in [-0.3, -0.25) is 0 Å². The summed E-state index contributed by atoms with van der Waals surface area (Å²) < 4.78 is 13.8. The highest BCUT2D eigenvalue weighted by atomic mass is 16.5. The molecule has 5 aromatic rings. The van der Waals surface area contributed by atoms with Gasteiger partial charge in [0.2, 0.25) is 0 Å². The van der Waals surface area contributed by atoms with Gasteiger partial charge in [0, 0.05) is 23.3 Å². The quantitative estimate of drug-likeness (QED) is 0.142. The molecular formula is C34H31NO4. The Hall–Kier alpha value is -4.61. The number of ether oxygens (including phenoxy) is 2. The van der Waals surface area contributed by atoms with Crippen LogP contribution in [0.3, 0.4) is 0 Å². The summed E-state index contributed by atoms with van der Waals surface area (Å²) in [6.07, 6.45) is 6.80. The van der Waals surface area contributed by atoms with Gasteiger partial charge in [0.25, 0.3) is 0 Å². The Bertz CT molecular complexity index is 1540. The smallest absolute Gasteiger partial charge is 0.328 e. The lowest BCUT2D eigenvalue weighted by molar-refractivity contribution is -0.131. The number of carboxylic acids is 1. The molecule has 0 aliphatic heterocycles. The summed E-state index contributed by atoms with van der Waals surface area (Å²) in [7, 11) is 0. The van der Waals surface area contributed by atoms with Crippen LogP contribution in [0, 0.1) is 0 Å². The molecule has 0 unspecified atom stereocenters. The van der Waals surface area contributed by atoms with Crippen molar-refractivity contribution in [3.05, 3.63) is 138 Å². The zero-order valence-electron chi connectivity index (χ0n) is 21.7. The van der Waals surface area contributed by atoms with Crippen LogP contribution in [0.2, 0.25) is 0 Å². The summed E-state index contributed by atoms with van der Waals surface area (Å²) in [5, 5.41) is 10.2. The number of carbonyl (C=O) groups is 1. The fourth-order valence-electron chi connectivity index (χ4n) is 4.61. The van der Waals surface area contributed by atoms with Crippen LogP contribution in [-0.2, 0) is 29.0 Å². The van der Waals surface area contributed by atoms with Crippen LogP contribution < -0.4 is 4.74 Å². The third-order valence-electron chi connectivity index (χ3n) is 6.58. The molecule has 0 fully saturated rings. The summed E-state index contributed by atoms with van der Waals surface area (Å²) in [5.74, 6) is -0.161. The average Bonchev–Trinajstić information content (AvgIpc) is 3.34. The number of hydrogen-bond acceptors (Lipinski definition) is 3. The van der Waals surface area contributed by atoms with Crippen LogP contribution in [0.15, 0.2) is 115 Å². The molecule has 0 bridgehead atoms. The maximum Gasteiger partial charge on any atom is 0.328 e. The van der Waals surface area contributed by atoms with Crippen LogP contribution in [-0.4, -0.2) is 28.9 Å². The van der Waals surface area contributed by atoms with E-state index in [1.165, 1.54) is 17.2 Å². The predicted octanol–water partition coefficient (Wildman–Crippen LogP) is 7.11. The topological polar surface area (TPSA) is 60.7 Å². The first kappa shape index (κ1) is 26.0. The Morgan fingerprint density at radius 1 is 0.795 bits per heavy atom. The molecule has 0 spiro atoms. The minimum absolute atomic E-state index is 0.481. The van der Waals surface area contributed by atoms with E-state index < -0.39 is 5.97 Å². The normalized spacial score (nSPS) is 11.3. The van der Waals surface area contributed by atoms with Gasteiger partial charge in [-0.15, -0.1) is 0 Å². The average molecular weight is 518 g/mol. The second kappa shape index (κ2) is 12.8. The Balaban J connectivity index is 1.30. The number of carboxylic acid groups (broad SMARTS) is 1. The Morgan fingerprint density at radius 3 is 2.23 bits per heavy atom. The van der Waals surface area contributed by atoms with Crippen molar-refractivity contribution < 1.29 is 19.4 Å². The summed E-state index contributed by atoms with van der Waals surface area (Å²) in [4.78, 5) is 11.0. The second-order valence-corrected chi connectivity index (χ2v) is 9.34. The Morgan fingerprint density at radius 2 is 1.51 bits per heavy atom. The second-order valence-electron chi connectivity index (χ2n) is 9.34. The number of rotatable bonds is 12. The third-order valence-corrected chi connectivity index (χ3v) is 6.58. The molecule has 0 amide bonds. The van der Waals surface area contributed by atoms with Gasteiger partial charge in [0.15, 0.2) is 0 Å². The van der Waals surface area contributed by atoms with E-state index in [2.05, 4.69) is 59.3 Å². The standard InChI is InChI=1S/C34H31NO4/c36-34(37)20-13-27-12-19-33-32(23-27)29(14-11-26-7-3-1-4-8-26)24-35(33)30-15-17-31(18-16-30)39-22-21-38-25-28-9-5-2-6-10-28/h1-10,12-13,15-20,23-24H,11,14,21-22,25H2,(H,36,37). The molecule has 0 saturated heterocycles. The first-order chi connectivity index (χ1) is 19.2. The van der Waals surface area contributed by atoms with Crippen molar-refractivity contribution in [1.29, 1.82) is 0 Å². The monoisotopic (exact) mass is 517 g/mol. The highest BCUT2D eigenvalue weighted by Crippen LogP contribution is 2.28. The van der Waals surface area contributed by atoms with Crippen molar-refractivity contribution in [2.24, 2.45) is 0 Å². The zero-order chi connectivity index (χ0) is 26.9. The number of nitrogens with zero attached hydrogens (tertiary/aromatic N) is 1. The highest BCUT2D eigenvalue weighted by molar-refractivity contribution is 5.90. The first-order valence-electron chi connectivity index (χ1n) is 13.1. The molecule has 4 aromatic carbocycles. The van der Waals surface area contributed by atoms with Gasteiger partial charge in [0.05, 0.1) is 18.7 Å². The van der Waals surface area contributed by atoms with Crippen molar-refractivity contribution in [3.8, 4) is 11.4 Å². The van der Waals surface area contributed by atoms with Gasteiger partial charge in [0.1, 0.15) is 12.4 Å². The first-order valence-corrected chi connectivity index (χ1v) is 13.1.